The zero-order chi connectivity index (χ0) is 17.4. The van der Waals surface area contributed by atoms with Gasteiger partial charge in [-0.1, -0.05) is 19.1 Å². The van der Waals surface area contributed by atoms with Crippen molar-refractivity contribution in [1.82, 2.24) is 15.5 Å². The Morgan fingerprint density at radius 3 is 2.26 bits per heavy atom. The molecule has 0 aliphatic heterocycles. The van der Waals surface area contributed by atoms with Gasteiger partial charge in [-0.2, -0.15) is 0 Å². The number of carbonyl (C=O) groups is 2. The third-order valence-electron chi connectivity index (χ3n) is 3.56. The fourth-order valence-electron chi connectivity index (χ4n) is 2.04. The lowest BCUT2D eigenvalue weighted by molar-refractivity contribution is -0.120. The second-order valence-corrected chi connectivity index (χ2v) is 6.06. The largest absolute Gasteiger partial charge is 0.378 e. The summed E-state index contributed by atoms with van der Waals surface area (Å²) in [5, 5.41) is 5.05. The second kappa shape index (κ2) is 9.15. The third-order valence-corrected chi connectivity index (χ3v) is 3.56. The maximum Gasteiger partial charge on any atom is 0.321 e. The minimum Gasteiger partial charge on any atom is -0.378 e. The Morgan fingerprint density at radius 1 is 1.13 bits per heavy atom. The SMILES string of the molecule is CC[C@H](C)NC(=O)NC(=O)CN(C)Cc1ccc(N(C)C)cc1. The summed E-state index contributed by atoms with van der Waals surface area (Å²) in [6.07, 6.45) is 0.824. The van der Waals surface area contributed by atoms with E-state index in [1.54, 1.807) is 0 Å². The van der Waals surface area contributed by atoms with Gasteiger partial charge in [-0.15, -0.1) is 0 Å². The Morgan fingerprint density at radius 2 is 1.74 bits per heavy atom. The van der Waals surface area contributed by atoms with Gasteiger partial charge in [-0.3, -0.25) is 15.0 Å². The molecule has 6 nitrogen and oxygen atoms in total. The van der Waals surface area contributed by atoms with Gasteiger partial charge in [0, 0.05) is 32.4 Å². The Hall–Kier alpha value is -2.08. The second-order valence-electron chi connectivity index (χ2n) is 6.06. The van der Waals surface area contributed by atoms with Crippen molar-refractivity contribution in [3.63, 3.8) is 0 Å². The summed E-state index contributed by atoms with van der Waals surface area (Å²) in [6.45, 7) is 4.69. The van der Waals surface area contributed by atoms with Crippen molar-refractivity contribution in [3.8, 4) is 0 Å². The smallest absolute Gasteiger partial charge is 0.321 e. The van der Waals surface area contributed by atoms with E-state index in [0.717, 1.165) is 17.7 Å². The van der Waals surface area contributed by atoms with Crippen LogP contribution < -0.4 is 15.5 Å². The molecule has 0 aliphatic carbocycles. The first-order valence-electron chi connectivity index (χ1n) is 7.87. The maximum absolute atomic E-state index is 11.8. The van der Waals surface area contributed by atoms with Crippen LogP contribution in [0.4, 0.5) is 10.5 Å². The Kier molecular flexibility index (Phi) is 7.54. The number of amides is 3. The predicted molar refractivity (Wildman–Crippen MR) is 93.5 cm³/mol. The highest BCUT2D eigenvalue weighted by Gasteiger charge is 2.12. The summed E-state index contributed by atoms with van der Waals surface area (Å²) in [5.74, 6) is -0.307. The number of carbonyl (C=O) groups excluding carboxylic acids is 2. The number of hydrogen-bond acceptors (Lipinski definition) is 4. The molecule has 1 atom stereocenters. The number of benzene rings is 1. The predicted octanol–water partition coefficient (Wildman–Crippen LogP) is 1.81. The molecule has 128 valence electrons. The van der Waals surface area contributed by atoms with Crippen molar-refractivity contribution in [3.05, 3.63) is 29.8 Å². The number of nitrogens with zero attached hydrogens (tertiary/aromatic N) is 2. The van der Waals surface area contributed by atoms with Gasteiger partial charge < -0.3 is 10.2 Å². The summed E-state index contributed by atoms with van der Waals surface area (Å²) in [5.41, 5.74) is 2.26. The number of imide groups is 1. The zero-order valence-electron chi connectivity index (χ0n) is 14.7. The van der Waals surface area contributed by atoms with E-state index in [0.29, 0.717) is 6.54 Å². The van der Waals surface area contributed by atoms with Crippen LogP contribution in [0.5, 0.6) is 0 Å². The minimum absolute atomic E-state index is 0.0516. The molecule has 0 saturated heterocycles. The van der Waals surface area contributed by atoms with Crippen LogP contribution in [0.3, 0.4) is 0 Å². The lowest BCUT2D eigenvalue weighted by Crippen LogP contribution is -2.46. The number of urea groups is 1. The summed E-state index contributed by atoms with van der Waals surface area (Å²) >= 11 is 0. The van der Waals surface area contributed by atoms with Gasteiger partial charge in [0.05, 0.1) is 6.54 Å². The molecular formula is C17H28N4O2. The molecule has 0 unspecified atom stereocenters. The summed E-state index contributed by atoms with van der Waals surface area (Å²) in [7, 11) is 5.85. The van der Waals surface area contributed by atoms with Crippen molar-refractivity contribution in [1.29, 1.82) is 0 Å². The van der Waals surface area contributed by atoms with Crippen LogP contribution in [-0.4, -0.2) is 50.6 Å². The molecule has 0 spiro atoms. The maximum atomic E-state index is 11.8. The molecule has 1 rings (SSSR count). The van der Waals surface area contributed by atoms with Gasteiger partial charge in [0.2, 0.25) is 5.91 Å². The first-order chi connectivity index (χ1) is 10.8. The lowest BCUT2D eigenvalue weighted by Gasteiger charge is -2.18. The molecule has 0 radical (unpaired) electrons. The standard InChI is InChI=1S/C17H28N4O2/c1-6-13(2)18-17(23)19-16(22)12-21(5)11-14-7-9-15(10-8-14)20(3)4/h7-10,13H,6,11-12H2,1-5H3,(H2,18,19,22,23)/t13-/m0/s1. The van der Waals surface area contributed by atoms with Crippen LogP contribution in [-0.2, 0) is 11.3 Å². The number of likely N-dealkylation sites (N-methyl/N-ethyl adjacent to an activating group) is 1. The van der Waals surface area contributed by atoms with E-state index in [1.165, 1.54) is 0 Å². The minimum atomic E-state index is -0.437. The Balaban J connectivity index is 2.41. The molecule has 0 bridgehead atoms. The highest BCUT2D eigenvalue weighted by molar-refractivity contribution is 5.95. The van der Waals surface area contributed by atoms with Crippen molar-refractivity contribution in [2.24, 2.45) is 0 Å². The van der Waals surface area contributed by atoms with Gasteiger partial charge in [-0.05, 0) is 38.1 Å². The van der Waals surface area contributed by atoms with Crippen LogP contribution in [0.1, 0.15) is 25.8 Å². The first-order valence-corrected chi connectivity index (χ1v) is 7.87. The Bertz CT molecular complexity index is 514. The van der Waals surface area contributed by atoms with Crippen LogP contribution in [0.15, 0.2) is 24.3 Å². The molecular weight excluding hydrogens is 292 g/mol. The van der Waals surface area contributed by atoms with E-state index in [1.807, 2.05) is 69.1 Å². The van der Waals surface area contributed by atoms with E-state index >= 15 is 0 Å². The fraction of sp³-hybridized carbons (Fsp3) is 0.529. The van der Waals surface area contributed by atoms with Crippen molar-refractivity contribution in [2.75, 3.05) is 32.6 Å². The summed E-state index contributed by atoms with van der Waals surface area (Å²) in [4.78, 5) is 27.4. The zero-order valence-corrected chi connectivity index (χ0v) is 14.7. The van der Waals surface area contributed by atoms with E-state index < -0.39 is 6.03 Å². The van der Waals surface area contributed by atoms with Crippen molar-refractivity contribution < 1.29 is 9.59 Å². The van der Waals surface area contributed by atoms with Gasteiger partial charge in [0.25, 0.3) is 0 Å². The molecule has 1 aromatic rings. The van der Waals surface area contributed by atoms with E-state index in [4.69, 9.17) is 0 Å². The number of rotatable bonds is 7. The number of hydrogen-bond donors (Lipinski definition) is 2. The molecule has 2 N–H and O–H groups in total. The number of anilines is 1. The van der Waals surface area contributed by atoms with E-state index in [2.05, 4.69) is 10.6 Å². The van der Waals surface area contributed by atoms with Gasteiger partial charge in [0.1, 0.15) is 0 Å². The topological polar surface area (TPSA) is 64.7 Å². The summed E-state index contributed by atoms with van der Waals surface area (Å²) in [6, 6.07) is 7.79. The van der Waals surface area contributed by atoms with Crippen LogP contribution in [0.2, 0.25) is 0 Å². The molecule has 23 heavy (non-hydrogen) atoms. The number of nitrogens with one attached hydrogen (secondary N) is 2. The fourth-order valence-corrected chi connectivity index (χ4v) is 2.04. The lowest BCUT2D eigenvalue weighted by atomic mass is 10.2. The monoisotopic (exact) mass is 320 g/mol. The van der Waals surface area contributed by atoms with Crippen LogP contribution >= 0.6 is 0 Å². The van der Waals surface area contributed by atoms with Crippen LogP contribution in [0, 0.1) is 0 Å². The normalized spacial score (nSPS) is 11.9. The molecule has 1 aromatic carbocycles. The molecule has 0 aliphatic rings. The van der Waals surface area contributed by atoms with Gasteiger partial charge in [-0.25, -0.2) is 4.79 Å². The molecule has 0 heterocycles. The van der Waals surface area contributed by atoms with Gasteiger partial charge in [0.15, 0.2) is 0 Å². The quantitative estimate of drug-likeness (QED) is 0.804. The van der Waals surface area contributed by atoms with E-state index in [9.17, 15) is 9.59 Å². The average molecular weight is 320 g/mol. The van der Waals surface area contributed by atoms with Crippen molar-refractivity contribution >= 4 is 17.6 Å². The van der Waals surface area contributed by atoms with E-state index in [-0.39, 0.29) is 18.5 Å². The molecule has 6 heteroatoms. The highest BCUT2D eigenvalue weighted by atomic mass is 16.2. The van der Waals surface area contributed by atoms with Gasteiger partial charge >= 0.3 is 6.03 Å². The third kappa shape index (κ3) is 7.15. The molecule has 3 amide bonds. The molecule has 0 aromatic heterocycles. The molecule has 0 fully saturated rings. The summed E-state index contributed by atoms with van der Waals surface area (Å²) < 4.78 is 0. The first kappa shape index (κ1) is 19.0. The highest BCUT2D eigenvalue weighted by Crippen LogP contribution is 2.13. The van der Waals surface area contributed by atoms with Crippen molar-refractivity contribution in [2.45, 2.75) is 32.9 Å². The average Bonchev–Trinajstić information content (AvgIpc) is 2.46. The van der Waals surface area contributed by atoms with Crippen LogP contribution in [0.25, 0.3) is 0 Å². The Labute approximate surface area is 138 Å². The molecule has 0 saturated carbocycles.